The Hall–Kier alpha value is -3.74. The summed E-state index contributed by atoms with van der Waals surface area (Å²) in [6.45, 7) is 0. The molecule has 0 aromatic heterocycles. The predicted molar refractivity (Wildman–Crippen MR) is 145 cm³/mol. The van der Waals surface area contributed by atoms with Gasteiger partial charge in [-0.05, 0) is 33.0 Å². The average molecular weight is 570 g/mol. The lowest BCUT2D eigenvalue weighted by molar-refractivity contribution is -0.210. The number of phenols is 2. The number of fused-ring (bicyclic) bond motifs is 3. The Kier molecular flexibility index (Phi) is 7.21. The van der Waals surface area contributed by atoms with Crippen molar-refractivity contribution in [3.05, 3.63) is 29.3 Å². The molecule has 0 bridgehead atoms. The van der Waals surface area contributed by atoms with Gasteiger partial charge < -0.3 is 36.6 Å². The van der Waals surface area contributed by atoms with Crippen molar-refractivity contribution < 1.29 is 44.3 Å². The van der Waals surface area contributed by atoms with Crippen molar-refractivity contribution in [3.8, 4) is 11.5 Å². The number of carbonyl (C=O) groups excluding carboxylic acids is 4. The second-order valence-corrected chi connectivity index (χ2v) is 11.6. The maximum absolute atomic E-state index is 13.8. The van der Waals surface area contributed by atoms with Gasteiger partial charge in [0.05, 0.1) is 23.3 Å². The lowest BCUT2D eigenvalue weighted by Gasteiger charge is -2.54. The molecular weight excluding hydrogens is 534 g/mol. The van der Waals surface area contributed by atoms with Crippen LogP contribution < -0.4 is 11.5 Å². The lowest BCUT2D eigenvalue weighted by atomic mass is 9.56. The molecule has 3 aliphatic rings. The molecule has 12 nitrogen and oxygen atoms in total. The molecule has 41 heavy (non-hydrogen) atoms. The highest BCUT2D eigenvalue weighted by Crippen LogP contribution is 2.59. The van der Waals surface area contributed by atoms with E-state index in [1.165, 1.54) is 37.2 Å². The molecule has 0 spiro atoms. The first-order valence-corrected chi connectivity index (χ1v) is 13.7. The Morgan fingerprint density at radius 1 is 1.05 bits per heavy atom. The molecule has 0 radical (unpaired) electrons. The number of hydrogen-bond donors (Lipinski definition) is 6. The largest absolute Gasteiger partial charge is 0.507 e. The van der Waals surface area contributed by atoms with Gasteiger partial charge in [-0.2, -0.15) is 0 Å². The first kappa shape index (κ1) is 28.8. The summed E-state index contributed by atoms with van der Waals surface area (Å²) in [5.74, 6) is -9.56. The van der Waals surface area contributed by atoms with Crippen molar-refractivity contribution in [1.82, 2.24) is 4.90 Å². The monoisotopic (exact) mass is 569 g/mol. The Bertz CT molecular complexity index is 1450. The van der Waals surface area contributed by atoms with Gasteiger partial charge in [0.1, 0.15) is 23.7 Å². The number of ether oxygens (including phenoxy) is 1. The number of amides is 1. The Labute approximate surface area is 235 Å². The Morgan fingerprint density at radius 3 is 2.27 bits per heavy atom. The topological polar surface area (TPSA) is 214 Å². The minimum Gasteiger partial charge on any atom is -0.507 e. The van der Waals surface area contributed by atoms with Crippen LogP contribution in [-0.4, -0.2) is 74.5 Å². The average Bonchev–Trinajstić information content (AvgIpc) is 3.20. The van der Waals surface area contributed by atoms with E-state index in [9.17, 15) is 39.6 Å². The molecule has 0 saturated heterocycles. The third-order valence-corrected chi connectivity index (χ3v) is 9.06. The first-order valence-electron chi connectivity index (χ1n) is 13.7. The van der Waals surface area contributed by atoms with Gasteiger partial charge in [0, 0.05) is 22.2 Å². The minimum atomic E-state index is -2.91. The SMILES string of the molecule is CN(C)[C@@H]1C(=O)C(C(N)=O)C(=O)[C@@]2(O)C(O)c3c(c(N)c4cccc(O)c4c3O)[C@H](OC(=O)C3CCCCCC3)[C@@H]12. The number of ketones is 2. The number of aromatic hydroxyl groups is 2. The number of rotatable bonds is 4. The molecule has 1 amide bonds. The smallest absolute Gasteiger partial charge is 0.309 e. The first-order chi connectivity index (χ1) is 19.3. The Balaban J connectivity index is 1.81. The number of phenolic OH excluding ortho intramolecular Hbond substituents is 2. The van der Waals surface area contributed by atoms with Crippen LogP contribution >= 0.6 is 0 Å². The number of nitrogens with zero attached hydrogens (tertiary/aromatic N) is 1. The highest BCUT2D eigenvalue weighted by molar-refractivity contribution is 6.24. The van der Waals surface area contributed by atoms with Crippen LogP contribution in [-0.2, 0) is 23.9 Å². The maximum Gasteiger partial charge on any atom is 0.309 e. The van der Waals surface area contributed by atoms with Crippen LogP contribution in [0.25, 0.3) is 10.8 Å². The van der Waals surface area contributed by atoms with Crippen molar-refractivity contribution >= 4 is 39.9 Å². The normalized spacial score (nSPS) is 30.5. The zero-order valence-corrected chi connectivity index (χ0v) is 22.9. The van der Waals surface area contributed by atoms with E-state index >= 15 is 0 Å². The van der Waals surface area contributed by atoms with Gasteiger partial charge in [-0.1, -0.05) is 37.8 Å². The van der Waals surface area contributed by atoms with E-state index in [-0.39, 0.29) is 22.0 Å². The van der Waals surface area contributed by atoms with Crippen LogP contribution in [0, 0.1) is 17.8 Å². The van der Waals surface area contributed by atoms with Crippen molar-refractivity contribution in [2.45, 2.75) is 62.4 Å². The van der Waals surface area contributed by atoms with Crippen LogP contribution in [0.5, 0.6) is 11.5 Å². The quantitative estimate of drug-likeness (QED) is 0.100. The standard InChI is InChI=1S/C29H35N3O9/c1-32(2)21-19-24(41-28(39)12-8-5-3-4-6-9-12)16-17(22(34)15-13(20(16)30)10-7-11-14(15)33)25(36)29(19,40)26(37)18(23(21)35)27(31)38/h7,10-12,18-19,21,24-25,33-34,36,40H,3-6,8-9,30H2,1-2H3,(H2,31,38)/t18?,19-,21+,24+,25?,29+/m1/s1. The van der Waals surface area contributed by atoms with Gasteiger partial charge in [0.15, 0.2) is 23.1 Å². The number of benzene rings is 2. The van der Waals surface area contributed by atoms with Crippen LogP contribution in [0.4, 0.5) is 5.69 Å². The number of likely N-dealkylation sites (N-methyl/N-ethyl adjacent to an activating group) is 1. The van der Waals surface area contributed by atoms with Crippen LogP contribution in [0.1, 0.15) is 61.9 Å². The predicted octanol–water partition coefficient (Wildman–Crippen LogP) is 0.966. The van der Waals surface area contributed by atoms with E-state index in [4.69, 9.17) is 16.2 Å². The van der Waals surface area contributed by atoms with Crippen LogP contribution in [0.15, 0.2) is 18.2 Å². The summed E-state index contributed by atoms with van der Waals surface area (Å²) < 4.78 is 6.07. The van der Waals surface area contributed by atoms with Gasteiger partial charge in [-0.25, -0.2) is 0 Å². The number of esters is 1. The molecule has 8 N–H and O–H groups in total. The molecule has 2 aromatic carbocycles. The Morgan fingerprint density at radius 2 is 1.68 bits per heavy atom. The van der Waals surface area contributed by atoms with Gasteiger partial charge in [-0.15, -0.1) is 0 Å². The summed E-state index contributed by atoms with van der Waals surface area (Å²) in [7, 11) is 2.95. The number of aliphatic hydroxyl groups is 2. The van der Waals surface area contributed by atoms with Gasteiger partial charge in [-0.3, -0.25) is 24.1 Å². The highest BCUT2D eigenvalue weighted by atomic mass is 16.5. The van der Waals surface area contributed by atoms with E-state index in [1.807, 2.05) is 0 Å². The zero-order valence-electron chi connectivity index (χ0n) is 22.9. The van der Waals surface area contributed by atoms with E-state index in [0.29, 0.717) is 12.8 Å². The molecule has 0 aliphatic heterocycles. The second-order valence-electron chi connectivity index (χ2n) is 11.6. The third-order valence-electron chi connectivity index (χ3n) is 9.06. The third kappa shape index (κ3) is 4.15. The summed E-state index contributed by atoms with van der Waals surface area (Å²) >= 11 is 0. The fourth-order valence-electron chi connectivity index (χ4n) is 7.09. The van der Waals surface area contributed by atoms with Gasteiger partial charge in [0.25, 0.3) is 0 Å². The van der Waals surface area contributed by atoms with Crippen molar-refractivity contribution in [1.29, 1.82) is 0 Å². The molecule has 2 unspecified atom stereocenters. The zero-order chi connectivity index (χ0) is 30.0. The van der Waals surface area contributed by atoms with E-state index in [2.05, 4.69) is 0 Å². The fourth-order valence-corrected chi connectivity index (χ4v) is 7.09. The molecule has 6 atom stereocenters. The summed E-state index contributed by atoms with van der Waals surface area (Å²) in [6, 6.07) is 2.84. The van der Waals surface area contributed by atoms with Gasteiger partial charge in [0.2, 0.25) is 5.91 Å². The number of carbonyl (C=O) groups is 4. The number of hydrogen-bond acceptors (Lipinski definition) is 11. The number of Topliss-reactive ketones (excluding diaryl/α,β-unsaturated/α-hetero) is 2. The molecule has 2 saturated carbocycles. The summed E-state index contributed by atoms with van der Waals surface area (Å²) in [6.07, 6.45) is 0.812. The number of anilines is 1. The molecule has 0 heterocycles. The molecule has 5 rings (SSSR count). The van der Waals surface area contributed by atoms with Crippen molar-refractivity contribution in [3.63, 3.8) is 0 Å². The van der Waals surface area contributed by atoms with Crippen LogP contribution in [0.3, 0.4) is 0 Å². The number of aliphatic hydroxyl groups excluding tert-OH is 1. The fraction of sp³-hybridized carbons (Fsp3) is 0.517. The maximum atomic E-state index is 13.8. The second kappa shape index (κ2) is 10.3. The summed E-state index contributed by atoms with van der Waals surface area (Å²) in [4.78, 5) is 54.7. The summed E-state index contributed by atoms with van der Waals surface area (Å²) in [5.41, 5.74) is 8.47. The van der Waals surface area contributed by atoms with E-state index in [0.717, 1.165) is 25.7 Å². The molecule has 220 valence electrons. The molecule has 3 aliphatic carbocycles. The number of nitrogen functional groups attached to an aromatic ring is 1. The van der Waals surface area contributed by atoms with E-state index < -0.39 is 82.1 Å². The molecule has 2 fully saturated rings. The highest BCUT2D eigenvalue weighted by Gasteiger charge is 2.69. The van der Waals surface area contributed by atoms with Crippen molar-refractivity contribution in [2.75, 3.05) is 19.8 Å². The lowest BCUT2D eigenvalue weighted by Crippen LogP contribution is -2.71. The molecular formula is C29H35N3O9. The molecule has 12 heteroatoms. The van der Waals surface area contributed by atoms with Crippen molar-refractivity contribution in [2.24, 2.45) is 23.5 Å². The van der Waals surface area contributed by atoms with E-state index in [1.54, 1.807) is 0 Å². The number of primary amides is 1. The minimum absolute atomic E-state index is 0.0853. The van der Waals surface area contributed by atoms with Gasteiger partial charge >= 0.3 is 5.97 Å². The van der Waals surface area contributed by atoms with Crippen LogP contribution in [0.2, 0.25) is 0 Å². The summed E-state index contributed by atoms with van der Waals surface area (Å²) in [5, 5.41) is 45.8. The molecule has 2 aromatic rings. The number of nitrogens with two attached hydrogens (primary N) is 2.